The standard InChI is InChI=1S/C17H17FIN5O/c1-12-16(19)9-21-24(12)7-6-17(25)22-14-8-20-23(11-14)10-13-4-2-3-5-15(13)18/h2-5,8-9,11H,6-7,10H2,1H3,(H,22,25). The van der Waals surface area contributed by atoms with Crippen molar-refractivity contribution in [2.24, 2.45) is 0 Å². The van der Waals surface area contributed by atoms with Crippen LogP contribution in [0.4, 0.5) is 10.1 Å². The summed E-state index contributed by atoms with van der Waals surface area (Å²) in [5, 5.41) is 11.2. The lowest BCUT2D eigenvalue weighted by molar-refractivity contribution is -0.116. The zero-order valence-electron chi connectivity index (χ0n) is 13.6. The van der Waals surface area contributed by atoms with Crippen molar-refractivity contribution in [2.45, 2.75) is 26.4 Å². The molecule has 1 amide bonds. The van der Waals surface area contributed by atoms with Crippen LogP contribution in [-0.2, 0) is 17.9 Å². The van der Waals surface area contributed by atoms with Crippen LogP contribution in [0.3, 0.4) is 0 Å². The van der Waals surface area contributed by atoms with Crippen molar-refractivity contribution in [1.29, 1.82) is 0 Å². The van der Waals surface area contributed by atoms with Crippen LogP contribution in [0, 0.1) is 16.3 Å². The highest BCUT2D eigenvalue weighted by atomic mass is 127. The molecule has 2 heterocycles. The van der Waals surface area contributed by atoms with Crippen molar-refractivity contribution >= 4 is 34.2 Å². The number of hydrogen-bond acceptors (Lipinski definition) is 3. The number of nitrogens with zero attached hydrogens (tertiary/aromatic N) is 4. The monoisotopic (exact) mass is 453 g/mol. The van der Waals surface area contributed by atoms with Crippen LogP contribution in [-0.4, -0.2) is 25.5 Å². The molecular formula is C17H17FIN5O. The Kier molecular flexibility index (Phi) is 5.47. The molecule has 0 unspecified atom stereocenters. The summed E-state index contributed by atoms with van der Waals surface area (Å²) < 4.78 is 18.1. The predicted molar refractivity (Wildman–Crippen MR) is 101 cm³/mol. The lowest BCUT2D eigenvalue weighted by Crippen LogP contribution is -2.15. The number of nitrogens with one attached hydrogen (secondary N) is 1. The second-order valence-electron chi connectivity index (χ2n) is 5.62. The van der Waals surface area contributed by atoms with E-state index in [1.165, 1.54) is 6.07 Å². The minimum absolute atomic E-state index is 0.115. The average Bonchev–Trinajstić information content (AvgIpc) is 3.15. The second kappa shape index (κ2) is 7.77. The van der Waals surface area contributed by atoms with Crippen molar-refractivity contribution in [3.05, 3.63) is 63.5 Å². The van der Waals surface area contributed by atoms with Crippen molar-refractivity contribution in [2.75, 3.05) is 5.32 Å². The average molecular weight is 453 g/mol. The van der Waals surface area contributed by atoms with Crippen LogP contribution in [0.1, 0.15) is 17.7 Å². The minimum Gasteiger partial charge on any atom is -0.323 e. The summed E-state index contributed by atoms with van der Waals surface area (Å²) in [7, 11) is 0. The normalized spacial score (nSPS) is 10.8. The number of benzene rings is 1. The van der Waals surface area contributed by atoms with Gasteiger partial charge in [-0.25, -0.2) is 4.39 Å². The maximum Gasteiger partial charge on any atom is 0.226 e. The third-order valence-electron chi connectivity index (χ3n) is 3.80. The van der Waals surface area contributed by atoms with E-state index < -0.39 is 0 Å². The Morgan fingerprint density at radius 1 is 1.28 bits per heavy atom. The topological polar surface area (TPSA) is 64.7 Å². The third-order valence-corrected chi connectivity index (χ3v) is 4.86. The summed E-state index contributed by atoms with van der Waals surface area (Å²) in [6, 6.07) is 6.56. The first-order chi connectivity index (χ1) is 12.0. The number of rotatable bonds is 6. The van der Waals surface area contributed by atoms with Crippen molar-refractivity contribution < 1.29 is 9.18 Å². The molecule has 0 radical (unpaired) electrons. The number of anilines is 1. The van der Waals surface area contributed by atoms with Crippen LogP contribution in [0.5, 0.6) is 0 Å². The molecule has 3 aromatic rings. The molecule has 0 fully saturated rings. The lowest BCUT2D eigenvalue weighted by Gasteiger charge is -2.05. The Balaban J connectivity index is 1.55. The van der Waals surface area contributed by atoms with Gasteiger partial charge in [0.15, 0.2) is 0 Å². The third kappa shape index (κ3) is 4.44. The van der Waals surface area contributed by atoms with Gasteiger partial charge in [-0.15, -0.1) is 0 Å². The van der Waals surface area contributed by atoms with E-state index in [9.17, 15) is 9.18 Å². The summed E-state index contributed by atoms with van der Waals surface area (Å²) in [6.45, 7) is 2.80. The van der Waals surface area contributed by atoms with E-state index in [1.807, 2.05) is 11.6 Å². The second-order valence-corrected chi connectivity index (χ2v) is 6.78. The van der Waals surface area contributed by atoms with Crippen molar-refractivity contribution in [3.63, 3.8) is 0 Å². The highest BCUT2D eigenvalue weighted by molar-refractivity contribution is 14.1. The summed E-state index contributed by atoms with van der Waals surface area (Å²) in [4.78, 5) is 12.1. The fraction of sp³-hybridized carbons (Fsp3) is 0.235. The van der Waals surface area contributed by atoms with Crippen molar-refractivity contribution in [1.82, 2.24) is 19.6 Å². The summed E-state index contributed by atoms with van der Waals surface area (Å²) in [5.41, 5.74) is 2.19. The van der Waals surface area contributed by atoms with E-state index >= 15 is 0 Å². The van der Waals surface area contributed by atoms with E-state index in [-0.39, 0.29) is 11.7 Å². The van der Waals surface area contributed by atoms with Gasteiger partial charge in [-0.3, -0.25) is 14.2 Å². The molecule has 1 aromatic carbocycles. The maximum absolute atomic E-state index is 13.7. The molecule has 3 rings (SSSR count). The highest BCUT2D eigenvalue weighted by Crippen LogP contribution is 2.12. The SMILES string of the molecule is Cc1c(I)cnn1CCC(=O)Nc1cnn(Cc2ccccc2F)c1. The molecule has 25 heavy (non-hydrogen) atoms. The molecule has 0 aliphatic heterocycles. The number of carbonyl (C=O) groups is 1. The molecule has 0 saturated carbocycles. The van der Waals surface area contributed by atoms with Gasteiger partial charge in [0.1, 0.15) is 5.82 Å². The van der Waals surface area contributed by atoms with Crippen LogP contribution in [0.15, 0.2) is 42.9 Å². The van der Waals surface area contributed by atoms with E-state index in [1.54, 1.807) is 41.5 Å². The fourth-order valence-electron chi connectivity index (χ4n) is 2.40. The van der Waals surface area contributed by atoms with Gasteiger partial charge in [-0.1, -0.05) is 18.2 Å². The minimum atomic E-state index is -0.271. The molecule has 6 nitrogen and oxygen atoms in total. The van der Waals surface area contributed by atoms with Gasteiger partial charge in [-0.2, -0.15) is 10.2 Å². The molecule has 0 atom stereocenters. The van der Waals surface area contributed by atoms with Gasteiger partial charge in [0, 0.05) is 23.9 Å². The highest BCUT2D eigenvalue weighted by Gasteiger charge is 2.09. The van der Waals surface area contributed by atoms with E-state index in [4.69, 9.17) is 0 Å². The molecule has 0 aliphatic rings. The van der Waals surface area contributed by atoms with Crippen LogP contribution in [0.25, 0.3) is 0 Å². The number of amides is 1. The van der Waals surface area contributed by atoms with Crippen LogP contribution >= 0.6 is 22.6 Å². The quantitative estimate of drug-likeness (QED) is 0.584. The Morgan fingerprint density at radius 3 is 2.80 bits per heavy atom. The number of carbonyl (C=O) groups excluding carboxylic acids is 1. The molecule has 1 N–H and O–H groups in total. The smallest absolute Gasteiger partial charge is 0.226 e. The lowest BCUT2D eigenvalue weighted by atomic mass is 10.2. The van der Waals surface area contributed by atoms with Gasteiger partial charge < -0.3 is 5.32 Å². The number of halogens is 2. The summed E-state index contributed by atoms with van der Waals surface area (Å²) in [6.07, 6.45) is 5.34. The van der Waals surface area contributed by atoms with Gasteiger partial charge >= 0.3 is 0 Å². The van der Waals surface area contributed by atoms with E-state index in [0.29, 0.717) is 30.8 Å². The summed E-state index contributed by atoms with van der Waals surface area (Å²) >= 11 is 2.21. The van der Waals surface area contributed by atoms with Gasteiger partial charge in [0.05, 0.1) is 34.7 Å². The molecule has 0 spiro atoms. The van der Waals surface area contributed by atoms with Crippen LogP contribution < -0.4 is 5.32 Å². The first-order valence-electron chi connectivity index (χ1n) is 7.76. The molecule has 8 heteroatoms. The number of aromatic nitrogens is 4. The molecule has 2 aromatic heterocycles. The zero-order chi connectivity index (χ0) is 17.8. The number of hydrogen-bond donors (Lipinski definition) is 1. The molecule has 0 saturated heterocycles. The van der Waals surface area contributed by atoms with E-state index in [2.05, 4.69) is 38.1 Å². The fourth-order valence-corrected chi connectivity index (χ4v) is 2.80. The predicted octanol–water partition coefficient (Wildman–Crippen LogP) is 3.21. The number of aryl methyl sites for hydroxylation is 1. The first-order valence-corrected chi connectivity index (χ1v) is 8.84. The Labute approximate surface area is 158 Å². The van der Waals surface area contributed by atoms with Gasteiger partial charge in [0.25, 0.3) is 0 Å². The zero-order valence-corrected chi connectivity index (χ0v) is 15.8. The summed E-state index contributed by atoms with van der Waals surface area (Å²) in [5.74, 6) is -0.386. The molecule has 0 aliphatic carbocycles. The first kappa shape index (κ1) is 17.6. The Hall–Kier alpha value is -2.23. The Bertz CT molecular complexity index is 889. The molecular weight excluding hydrogens is 436 g/mol. The van der Waals surface area contributed by atoms with Gasteiger partial charge in [-0.05, 0) is 35.6 Å². The van der Waals surface area contributed by atoms with Crippen molar-refractivity contribution in [3.8, 4) is 0 Å². The largest absolute Gasteiger partial charge is 0.323 e. The molecule has 130 valence electrons. The van der Waals surface area contributed by atoms with E-state index in [0.717, 1.165) is 9.26 Å². The van der Waals surface area contributed by atoms with Gasteiger partial charge in [0.2, 0.25) is 5.91 Å². The molecule has 0 bridgehead atoms. The Morgan fingerprint density at radius 2 is 2.08 bits per heavy atom. The maximum atomic E-state index is 13.7. The van der Waals surface area contributed by atoms with Crippen LogP contribution in [0.2, 0.25) is 0 Å².